The van der Waals surface area contributed by atoms with Gasteiger partial charge in [-0.15, -0.1) is 0 Å². The fourth-order valence-corrected chi connectivity index (χ4v) is 2.53. The number of methoxy groups -OCH3 is 1. The molecule has 0 bridgehead atoms. The van der Waals surface area contributed by atoms with Crippen LogP contribution in [0.2, 0.25) is 0 Å². The molecule has 0 saturated heterocycles. The van der Waals surface area contributed by atoms with Crippen LogP contribution in [0.25, 0.3) is 0 Å². The first-order valence-electron chi connectivity index (χ1n) is 4.62. The molecule has 0 atom stereocenters. The van der Waals surface area contributed by atoms with Crippen LogP contribution in [-0.2, 0) is 6.42 Å². The summed E-state index contributed by atoms with van der Waals surface area (Å²) in [6.45, 7) is 0. The van der Waals surface area contributed by atoms with E-state index in [0.717, 1.165) is 34.2 Å². The van der Waals surface area contributed by atoms with Crippen LogP contribution in [0.1, 0.15) is 28.8 Å². The third kappa shape index (κ3) is 1.57. The lowest BCUT2D eigenvalue weighted by atomic mass is 9.90. The first kappa shape index (κ1) is 9.71. The zero-order chi connectivity index (χ0) is 10.1. The average molecular weight is 255 g/mol. The van der Waals surface area contributed by atoms with Crippen LogP contribution in [0.3, 0.4) is 0 Å². The standard InChI is InChI=1S/C11H11BrO2/c1-14-8-5-7-3-2-4-10(13)11(7)9(12)6-8/h5-6H,2-4H2,1H3. The lowest BCUT2D eigenvalue weighted by Crippen LogP contribution is -2.11. The maximum Gasteiger partial charge on any atom is 0.164 e. The summed E-state index contributed by atoms with van der Waals surface area (Å²) in [6, 6.07) is 3.80. The van der Waals surface area contributed by atoms with Crippen molar-refractivity contribution in [2.45, 2.75) is 19.3 Å². The fraction of sp³-hybridized carbons (Fsp3) is 0.364. The highest BCUT2D eigenvalue weighted by Gasteiger charge is 2.20. The van der Waals surface area contributed by atoms with E-state index in [9.17, 15) is 4.79 Å². The zero-order valence-electron chi connectivity index (χ0n) is 7.97. The van der Waals surface area contributed by atoms with Crippen molar-refractivity contribution >= 4 is 21.7 Å². The molecule has 0 heterocycles. The lowest BCUT2D eigenvalue weighted by molar-refractivity contribution is 0.0971. The van der Waals surface area contributed by atoms with Crippen LogP contribution >= 0.6 is 15.9 Å². The van der Waals surface area contributed by atoms with Crippen LogP contribution in [0.4, 0.5) is 0 Å². The van der Waals surface area contributed by atoms with E-state index in [2.05, 4.69) is 15.9 Å². The molecule has 1 aromatic rings. The van der Waals surface area contributed by atoms with Gasteiger partial charge in [-0.2, -0.15) is 0 Å². The van der Waals surface area contributed by atoms with Gasteiger partial charge in [0.05, 0.1) is 7.11 Å². The number of ketones is 1. The molecule has 1 aliphatic rings. The van der Waals surface area contributed by atoms with Crippen LogP contribution in [-0.4, -0.2) is 12.9 Å². The monoisotopic (exact) mass is 254 g/mol. The molecule has 0 aliphatic heterocycles. The van der Waals surface area contributed by atoms with E-state index in [4.69, 9.17) is 4.74 Å². The van der Waals surface area contributed by atoms with Gasteiger partial charge < -0.3 is 4.74 Å². The van der Waals surface area contributed by atoms with Crippen LogP contribution in [0, 0.1) is 0 Å². The molecule has 0 N–H and O–H groups in total. The Kier molecular flexibility index (Phi) is 2.59. The summed E-state index contributed by atoms with van der Waals surface area (Å²) in [5.74, 6) is 1.05. The Hall–Kier alpha value is -0.830. The third-order valence-electron chi connectivity index (χ3n) is 2.51. The normalized spacial score (nSPS) is 15.1. The first-order chi connectivity index (χ1) is 6.72. The lowest BCUT2D eigenvalue weighted by Gasteiger charge is -2.17. The maximum absolute atomic E-state index is 11.6. The molecule has 3 heteroatoms. The largest absolute Gasteiger partial charge is 0.497 e. The van der Waals surface area contributed by atoms with Gasteiger partial charge in [0.15, 0.2) is 5.78 Å². The Morgan fingerprint density at radius 2 is 2.14 bits per heavy atom. The zero-order valence-corrected chi connectivity index (χ0v) is 9.56. The molecular weight excluding hydrogens is 244 g/mol. The van der Waals surface area contributed by atoms with Gasteiger partial charge in [-0.3, -0.25) is 4.79 Å². The summed E-state index contributed by atoms with van der Waals surface area (Å²) in [5.41, 5.74) is 1.95. The number of benzene rings is 1. The first-order valence-corrected chi connectivity index (χ1v) is 5.41. The van der Waals surface area contributed by atoms with Crippen molar-refractivity contribution in [2.75, 3.05) is 7.11 Å². The molecule has 1 aromatic carbocycles. The van der Waals surface area contributed by atoms with Crippen LogP contribution in [0.5, 0.6) is 5.75 Å². The summed E-state index contributed by atoms with van der Waals surface area (Å²) in [7, 11) is 1.64. The number of rotatable bonds is 1. The Morgan fingerprint density at radius 3 is 2.86 bits per heavy atom. The molecule has 0 unspecified atom stereocenters. The van der Waals surface area contributed by atoms with E-state index in [0.29, 0.717) is 6.42 Å². The van der Waals surface area contributed by atoms with Crippen molar-refractivity contribution in [3.63, 3.8) is 0 Å². The number of Topliss-reactive ketones (excluding diaryl/α,β-unsaturated/α-hetero) is 1. The smallest absolute Gasteiger partial charge is 0.164 e. The minimum atomic E-state index is 0.237. The number of halogens is 1. The third-order valence-corrected chi connectivity index (χ3v) is 3.14. The molecule has 14 heavy (non-hydrogen) atoms. The minimum Gasteiger partial charge on any atom is -0.497 e. The molecule has 0 amide bonds. The summed E-state index contributed by atoms with van der Waals surface area (Å²) in [6.07, 6.45) is 2.58. The molecule has 0 fully saturated rings. The number of hydrogen-bond acceptors (Lipinski definition) is 2. The van der Waals surface area contributed by atoms with E-state index >= 15 is 0 Å². The topological polar surface area (TPSA) is 26.3 Å². The number of carbonyl (C=O) groups is 1. The van der Waals surface area contributed by atoms with Gasteiger partial charge in [0.25, 0.3) is 0 Å². The summed E-state index contributed by atoms with van der Waals surface area (Å²) in [5, 5.41) is 0. The quantitative estimate of drug-likeness (QED) is 0.771. The van der Waals surface area contributed by atoms with Crippen molar-refractivity contribution in [1.82, 2.24) is 0 Å². The van der Waals surface area contributed by atoms with Crippen LogP contribution < -0.4 is 4.74 Å². The van der Waals surface area contributed by atoms with Gasteiger partial charge in [-0.25, -0.2) is 0 Å². The minimum absolute atomic E-state index is 0.237. The van der Waals surface area contributed by atoms with Crippen molar-refractivity contribution < 1.29 is 9.53 Å². The SMILES string of the molecule is COc1cc(Br)c2c(c1)CCCC2=O. The molecule has 2 nitrogen and oxygen atoms in total. The highest BCUT2D eigenvalue weighted by molar-refractivity contribution is 9.10. The Bertz CT molecular complexity index is 385. The summed E-state index contributed by atoms with van der Waals surface area (Å²) in [4.78, 5) is 11.6. The Morgan fingerprint density at radius 1 is 1.36 bits per heavy atom. The van der Waals surface area contributed by atoms with Gasteiger partial charge in [0, 0.05) is 16.5 Å². The number of aryl methyl sites for hydroxylation is 1. The van der Waals surface area contributed by atoms with Crippen molar-refractivity contribution in [3.05, 3.63) is 27.7 Å². The van der Waals surface area contributed by atoms with Crippen LogP contribution in [0.15, 0.2) is 16.6 Å². The molecular formula is C11H11BrO2. The van der Waals surface area contributed by atoms with Gasteiger partial charge in [0.1, 0.15) is 5.75 Å². The molecule has 0 radical (unpaired) electrons. The van der Waals surface area contributed by atoms with Crippen molar-refractivity contribution in [3.8, 4) is 5.75 Å². The van der Waals surface area contributed by atoms with Gasteiger partial charge in [-0.1, -0.05) is 0 Å². The fourth-order valence-electron chi connectivity index (χ4n) is 1.83. The van der Waals surface area contributed by atoms with Crippen molar-refractivity contribution in [2.24, 2.45) is 0 Å². The Balaban J connectivity index is 2.56. The Labute approximate surface area is 91.4 Å². The van der Waals surface area contributed by atoms with Gasteiger partial charge in [0.2, 0.25) is 0 Å². The highest BCUT2D eigenvalue weighted by Crippen LogP contribution is 2.32. The predicted octanol–water partition coefficient (Wildman–Crippen LogP) is 2.98. The van der Waals surface area contributed by atoms with Gasteiger partial charge in [-0.05, 0) is 46.5 Å². The second kappa shape index (κ2) is 3.73. The number of fused-ring (bicyclic) bond motifs is 1. The molecule has 74 valence electrons. The highest BCUT2D eigenvalue weighted by atomic mass is 79.9. The number of ether oxygens (including phenoxy) is 1. The average Bonchev–Trinajstić information content (AvgIpc) is 2.17. The molecule has 0 saturated carbocycles. The second-order valence-electron chi connectivity index (χ2n) is 3.42. The number of hydrogen-bond donors (Lipinski definition) is 0. The molecule has 0 spiro atoms. The number of carbonyl (C=O) groups excluding carboxylic acids is 1. The van der Waals surface area contributed by atoms with E-state index in [1.807, 2.05) is 12.1 Å². The van der Waals surface area contributed by atoms with E-state index in [-0.39, 0.29) is 5.78 Å². The second-order valence-corrected chi connectivity index (χ2v) is 4.27. The van der Waals surface area contributed by atoms with Gasteiger partial charge >= 0.3 is 0 Å². The summed E-state index contributed by atoms with van der Waals surface area (Å²) >= 11 is 3.41. The molecule has 1 aliphatic carbocycles. The van der Waals surface area contributed by atoms with E-state index in [1.165, 1.54) is 0 Å². The predicted molar refractivity (Wildman–Crippen MR) is 58.0 cm³/mol. The molecule has 0 aromatic heterocycles. The maximum atomic E-state index is 11.6. The van der Waals surface area contributed by atoms with E-state index in [1.54, 1.807) is 7.11 Å². The van der Waals surface area contributed by atoms with Crippen molar-refractivity contribution in [1.29, 1.82) is 0 Å². The summed E-state index contributed by atoms with van der Waals surface area (Å²) < 4.78 is 6.01. The van der Waals surface area contributed by atoms with E-state index < -0.39 is 0 Å². The molecule has 2 rings (SSSR count).